The summed E-state index contributed by atoms with van der Waals surface area (Å²) in [6.45, 7) is 10.6. The highest BCUT2D eigenvalue weighted by Crippen LogP contribution is 2.11. The maximum atomic E-state index is 13.7. The van der Waals surface area contributed by atoms with Crippen molar-refractivity contribution < 1.29 is 4.39 Å². The first-order valence-electron chi connectivity index (χ1n) is 7.40. The third kappa shape index (κ3) is 5.70. The van der Waals surface area contributed by atoms with E-state index >= 15 is 0 Å². The molecule has 1 aromatic carbocycles. The monoisotopic (exact) mass is 266 g/mol. The molecule has 0 aliphatic carbocycles. The molecule has 0 radical (unpaired) electrons. The molecular formula is C16H27FN2. The smallest absolute Gasteiger partial charge is 0.126 e. The Labute approximate surface area is 117 Å². The number of halogens is 1. The number of hydrogen-bond donors (Lipinski definition) is 1. The normalized spacial score (nSPS) is 12.9. The van der Waals surface area contributed by atoms with Crippen molar-refractivity contribution in [3.05, 3.63) is 35.6 Å². The van der Waals surface area contributed by atoms with Crippen molar-refractivity contribution in [2.75, 3.05) is 26.2 Å². The molecule has 0 aliphatic rings. The molecule has 0 fully saturated rings. The topological polar surface area (TPSA) is 15.3 Å². The second-order valence-electron chi connectivity index (χ2n) is 4.87. The summed E-state index contributed by atoms with van der Waals surface area (Å²) >= 11 is 0. The highest BCUT2D eigenvalue weighted by atomic mass is 19.1. The van der Waals surface area contributed by atoms with E-state index < -0.39 is 0 Å². The molecule has 0 spiro atoms. The van der Waals surface area contributed by atoms with Crippen molar-refractivity contribution in [2.45, 2.75) is 39.7 Å². The molecule has 1 aromatic rings. The van der Waals surface area contributed by atoms with Gasteiger partial charge in [0.15, 0.2) is 0 Å². The van der Waals surface area contributed by atoms with Crippen LogP contribution in [0.4, 0.5) is 4.39 Å². The van der Waals surface area contributed by atoms with E-state index in [4.69, 9.17) is 0 Å². The standard InChI is InChI=1S/C16H27FN2/c1-4-18-15(11-12-19(5-2)6-3)13-14-9-7-8-10-16(14)17/h7-10,15,18H,4-6,11-13H2,1-3H3. The largest absolute Gasteiger partial charge is 0.314 e. The molecule has 19 heavy (non-hydrogen) atoms. The molecular weight excluding hydrogens is 239 g/mol. The minimum absolute atomic E-state index is 0.0896. The van der Waals surface area contributed by atoms with Crippen LogP contribution in [-0.4, -0.2) is 37.1 Å². The minimum Gasteiger partial charge on any atom is -0.314 e. The van der Waals surface area contributed by atoms with Crippen molar-refractivity contribution >= 4 is 0 Å². The molecule has 0 heterocycles. The van der Waals surface area contributed by atoms with Crippen molar-refractivity contribution in [2.24, 2.45) is 0 Å². The molecule has 0 saturated heterocycles. The van der Waals surface area contributed by atoms with Crippen molar-refractivity contribution in [1.82, 2.24) is 10.2 Å². The van der Waals surface area contributed by atoms with Gasteiger partial charge in [0.25, 0.3) is 0 Å². The predicted octanol–water partition coefficient (Wildman–Crippen LogP) is 3.08. The maximum Gasteiger partial charge on any atom is 0.126 e. The van der Waals surface area contributed by atoms with Gasteiger partial charge in [0.1, 0.15) is 5.82 Å². The van der Waals surface area contributed by atoms with Crippen LogP contribution in [0.1, 0.15) is 32.8 Å². The van der Waals surface area contributed by atoms with Gasteiger partial charge in [-0.25, -0.2) is 4.39 Å². The lowest BCUT2D eigenvalue weighted by atomic mass is 10.0. The molecule has 1 unspecified atom stereocenters. The fourth-order valence-corrected chi connectivity index (χ4v) is 2.37. The van der Waals surface area contributed by atoms with Gasteiger partial charge in [0, 0.05) is 6.04 Å². The van der Waals surface area contributed by atoms with Gasteiger partial charge in [-0.05, 0) is 50.7 Å². The van der Waals surface area contributed by atoms with Crippen molar-refractivity contribution in [3.63, 3.8) is 0 Å². The quantitative estimate of drug-likeness (QED) is 0.739. The van der Waals surface area contributed by atoms with E-state index in [2.05, 4.69) is 31.0 Å². The predicted molar refractivity (Wildman–Crippen MR) is 80.0 cm³/mol. The number of hydrogen-bond acceptors (Lipinski definition) is 2. The molecule has 0 amide bonds. The molecule has 0 aromatic heterocycles. The first-order chi connectivity index (χ1) is 9.21. The molecule has 2 nitrogen and oxygen atoms in total. The third-order valence-corrected chi connectivity index (χ3v) is 3.61. The summed E-state index contributed by atoms with van der Waals surface area (Å²) < 4.78 is 13.7. The Kier molecular flexibility index (Phi) is 7.68. The Balaban J connectivity index is 2.55. The first-order valence-corrected chi connectivity index (χ1v) is 7.40. The Hall–Kier alpha value is -0.930. The van der Waals surface area contributed by atoms with Crippen LogP contribution in [0.3, 0.4) is 0 Å². The molecule has 3 heteroatoms. The fourth-order valence-electron chi connectivity index (χ4n) is 2.37. The summed E-state index contributed by atoms with van der Waals surface area (Å²) in [5, 5.41) is 3.47. The first kappa shape index (κ1) is 16.1. The lowest BCUT2D eigenvalue weighted by Crippen LogP contribution is -2.36. The number of benzene rings is 1. The Morgan fingerprint density at radius 2 is 1.84 bits per heavy atom. The lowest BCUT2D eigenvalue weighted by molar-refractivity contribution is 0.280. The molecule has 0 saturated carbocycles. The van der Waals surface area contributed by atoms with E-state index in [-0.39, 0.29) is 5.82 Å². The van der Waals surface area contributed by atoms with Crippen LogP contribution in [0.15, 0.2) is 24.3 Å². The molecule has 0 aliphatic heterocycles. The highest BCUT2D eigenvalue weighted by Gasteiger charge is 2.12. The third-order valence-electron chi connectivity index (χ3n) is 3.61. The second kappa shape index (κ2) is 9.05. The summed E-state index contributed by atoms with van der Waals surface area (Å²) in [5.74, 6) is -0.0896. The summed E-state index contributed by atoms with van der Waals surface area (Å²) in [7, 11) is 0. The Morgan fingerprint density at radius 3 is 2.42 bits per heavy atom. The zero-order valence-electron chi connectivity index (χ0n) is 12.5. The van der Waals surface area contributed by atoms with Crippen LogP contribution in [0.25, 0.3) is 0 Å². The number of nitrogens with one attached hydrogen (secondary N) is 1. The van der Waals surface area contributed by atoms with Gasteiger partial charge in [-0.2, -0.15) is 0 Å². The van der Waals surface area contributed by atoms with Crippen LogP contribution < -0.4 is 5.32 Å². The summed E-state index contributed by atoms with van der Waals surface area (Å²) in [6.07, 6.45) is 1.83. The van der Waals surface area contributed by atoms with Gasteiger partial charge in [0.2, 0.25) is 0 Å². The van der Waals surface area contributed by atoms with Crippen LogP contribution >= 0.6 is 0 Å². The molecule has 0 bridgehead atoms. The van der Waals surface area contributed by atoms with Crippen LogP contribution in [0, 0.1) is 5.82 Å². The SMILES string of the molecule is CCNC(CCN(CC)CC)Cc1ccccc1F. The van der Waals surface area contributed by atoms with Gasteiger partial charge in [-0.1, -0.05) is 39.0 Å². The van der Waals surface area contributed by atoms with Gasteiger partial charge in [0.05, 0.1) is 0 Å². The summed E-state index contributed by atoms with van der Waals surface area (Å²) in [4.78, 5) is 2.41. The average Bonchev–Trinajstić information content (AvgIpc) is 2.42. The van der Waals surface area contributed by atoms with E-state index in [1.807, 2.05) is 12.1 Å². The minimum atomic E-state index is -0.0896. The van der Waals surface area contributed by atoms with Gasteiger partial charge in [-0.3, -0.25) is 0 Å². The van der Waals surface area contributed by atoms with Crippen molar-refractivity contribution in [1.29, 1.82) is 0 Å². The Morgan fingerprint density at radius 1 is 1.16 bits per heavy atom. The molecule has 1 N–H and O–H groups in total. The fraction of sp³-hybridized carbons (Fsp3) is 0.625. The molecule has 1 rings (SSSR count). The maximum absolute atomic E-state index is 13.7. The van der Waals surface area contributed by atoms with Crippen LogP contribution in [-0.2, 0) is 6.42 Å². The van der Waals surface area contributed by atoms with Gasteiger partial charge >= 0.3 is 0 Å². The summed E-state index contributed by atoms with van der Waals surface area (Å²) in [5.41, 5.74) is 0.813. The second-order valence-corrected chi connectivity index (χ2v) is 4.87. The van der Waals surface area contributed by atoms with Crippen LogP contribution in [0.5, 0.6) is 0 Å². The van der Waals surface area contributed by atoms with E-state index in [0.717, 1.165) is 44.6 Å². The van der Waals surface area contributed by atoms with Gasteiger partial charge < -0.3 is 10.2 Å². The zero-order chi connectivity index (χ0) is 14.1. The summed E-state index contributed by atoms with van der Waals surface area (Å²) in [6, 6.07) is 7.44. The molecule has 1 atom stereocenters. The number of rotatable bonds is 9. The van der Waals surface area contributed by atoms with E-state index in [9.17, 15) is 4.39 Å². The highest BCUT2D eigenvalue weighted by molar-refractivity contribution is 5.18. The Bertz CT molecular complexity index is 350. The number of likely N-dealkylation sites (N-methyl/N-ethyl adjacent to an activating group) is 1. The lowest BCUT2D eigenvalue weighted by Gasteiger charge is -2.23. The van der Waals surface area contributed by atoms with E-state index in [1.165, 1.54) is 0 Å². The average molecular weight is 266 g/mol. The zero-order valence-corrected chi connectivity index (χ0v) is 12.5. The molecule has 108 valence electrons. The van der Waals surface area contributed by atoms with Crippen molar-refractivity contribution in [3.8, 4) is 0 Å². The van der Waals surface area contributed by atoms with Crippen LogP contribution in [0.2, 0.25) is 0 Å². The van der Waals surface area contributed by atoms with E-state index in [0.29, 0.717) is 6.04 Å². The van der Waals surface area contributed by atoms with Gasteiger partial charge in [-0.15, -0.1) is 0 Å². The number of nitrogens with zero attached hydrogens (tertiary/aromatic N) is 1. The van der Waals surface area contributed by atoms with E-state index in [1.54, 1.807) is 12.1 Å².